The minimum absolute atomic E-state index is 0. The topological polar surface area (TPSA) is 66.0 Å². The van der Waals surface area contributed by atoms with Crippen molar-refractivity contribution < 1.29 is 13.9 Å². The number of ether oxygens (including phenoxy) is 1. The SMILES string of the molecule is CCNC(=NCCCOc1ccc(F)cc1)N1CCC(CC(=O)NC)CC1.I. The Morgan fingerprint density at radius 2 is 1.96 bits per heavy atom. The molecule has 1 aliphatic rings. The van der Waals surface area contributed by atoms with Crippen LogP contribution in [0, 0.1) is 11.7 Å². The molecular formula is C20H32FIN4O2. The highest BCUT2D eigenvalue weighted by atomic mass is 127. The van der Waals surface area contributed by atoms with E-state index in [4.69, 9.17) is 9.73 Å². The second-order valence-corrected chi connectivity index (χ2v) is 6.70. The number of carbonyl (C=O) groups excluding carboxylic acids is 1. The molecule has 1 aromatic carbocycles. The molecule has 6 nitrogen and oxygen atoms in total. The molecule has 158 valence electrons. The van der Waals surface area contributed by atoms with E-state index in [1.54, 1.807) is 19.2 Å². The van der Waals surface area contributed by atoms with E-state index in [0.29, 0.717) is 31.2 Å². The van der Waals surface area contributed by atoms with E-state index in [-0.39, 0.29) is 35.7 Å². The summed E-state index contributed by atoms with van der Waals surface area (Å²) in [6.07, 6.45) is 3.41. The molecule has 0 unspecified atom stereocenters. The third-order valence-electron chi connectivity index (χ3n) is 4.65. The van der Waals surface area contributed by atoms with Gasteiger partial charge in [0.25, 0.3) is 0 Å². The number of nitrogens with zero attached hydrogens (tertiary/aromatic N) is 2. The maximum atomic E-state index is 12.9. The normalized spacial score (nSPS) is 15.0. The summed E-state index contributed by atoms with van der Waals surface area (Å²) in [5.74, 6) is 1.91. The van der Waals surface area contributed by atoms with Gasteiger partial charge in [-0.25, -0.2) is 4.39 Å². The Hall–Kier alpha value is -1.58. The van der Waals surface area contributed by atoms with E-state index in [0.717, 1.165) is 44.9 Å². The number of aliphatic imine (C=N–C) groups is 1. The van der Waals surface area contributed by atoms with Crippen LogP contribution in [0.1, 0.15) is 32.6 Å². The van der Waals surface area contributed by atoms with Crippen molar-refractivity contribution in [3.8, 4) is 5.75 Å². The zero-order chi connectivity index (χ0) is 19.5. The summed E-state index contributed by atoms with van der Waals surface area (Å²) in [4.78, 5) is 18.5. The van der Waals surface area contributed by atoms with Gasteiger partial charge in [0.15, 0.2) is 5.96 Å². The summed E-state index contributed by atoms with van der Waals surface area (Å²) in [7, 11) is 1.69. The van der Waals surface area contributed by atoms with Crippen LogP contribution in [0.2, 0.25) is 0 Å². The van der Waals surface area contributed by atoms with Gasteiger partial charge in [-0.1, -0.05) is 0 Å². The second-order valence-electron chi connectivity index (χ2n) is 6.70. The number of guanidine groups is 1. The third-order valence-corrected chi connectivity index (χ3v) is 4.65. The summed E-state index contributed by atoms with van der Waals surface area (Å²) in [6.45, 7) is 5.93. The molecule has 2 rings (SSSR count). The van der Waals surface area contributed by atoms with Crippen LogP contribution in [0.3, 0.4) is 0 Å². The van der Waals surface area contributed by atoms with E-state index in [9.17, 15) is 9.18 Å². The first-order chi connectivity index (χ1) is 13.1. The largest absolute Gasteiger partial charge is 0.494 e. The monoisotopic (exact) mass is 506 g/mol. The Balaban J connectivity index is 0.00000392. The summed E-state index contributed by atoms with van der Waals surface area (Å²) >= 11 is 0. The molecule has 0 radical (unpaired) electrons. The lowest BCUT2D eigenvalue weighted by atomic mass is 9.93. The predicted octanol–water partition coefficient (Wildman–Crippen LogP) is 3.03. The van der Waals surface area contributed by atoms with Crippen molar-refractivity contribution in [3.05, 3.63) is 30.1 Å². The molecule has 0 saturated carbocycles. The molecule has 1 aliphatic heterocycles. The first-order valence-electron chi connectivity index (χ1n) is 9.74. The van der Waals surface area contributed by atoms with E-state index >= 15 is 0 Å². The first-order valence-corrected chi connectivity index (χ1v) is 9.74. The van der Waals surface area contributed by atoms with Crippen LogP contribution in [0.25, 0.3) is 0 Å². The zero-order valence-electron chi connectivity index (χ0n) is 16.7. The fourth-order valence-corrected chi connectivity index (χ4v) is 3.11. The van der Waals surface area contributed by atoms with Gasteiger partial charge in [-0.05, 0) is 49.9 Å². The van der Waals surface area contributed by atoms with Gasteiger partial charge in [-0.15, -0.1) is 24.0 Å². The molecule has 1 saturated heterocycles. The van der Waals surface area contributed by atoms with Crippen LogP contribution in [0.15, 0.2) is 29.3 Å². The fourth-order valence-electron chi connectivity index (χ4n) is 3.11. The van der Waals surface area contributed by atoms with Gasteiger partial charge >= 0.3 is 0 Å². The Morgan fingerprint density at radius 3 is 2.57 bits per heavy atom. The number of piperidine rings is 1. The van der Waals surface area contributed by atoms with E-state index in [1.807, 2.05) is 0 Å². The van der Waals surface area contributed by atoms with Crippen molar-refractivity contribution in [1.82, 2.24) is 15.5 Å². The summed E-state index contributed by atoms with van der Waals surface area (Å²) in [5.41, 5.74) is 0. The van der Waals surface area contributed by atoms with Gasteiger partial charge in [0.1, 0.15) is 11.6 Å². The molecule has 2 N–H and O–H groups in total. The number of amides is 1. The van der Waals surface area contributed by atoms with Crippen LogP contribution in [-0.4, -0.2) is 56.6 Å². The smallest absolute Gasteiger partial charge is 0.220 e. The molecule has 0 aromatic heterocycles. The minimum Gasteiger partial charge on any atom is -0.494 e. The second kappa shape index (κ2) is 13.6. The molecule has 1 fully saturated rings. The number of carbonyl (C=O) groups is 1. The summed E-state index contributed by atoms with van der Waals surface area (Å²) < 4.78 is 18.5. The van der Waals surface area contributed by atoms with Gasteiger partial charge in [0.05, 0.1) is 6.61 Å². The fraction of sp³-hybridized carbons (Fsp3) is 0.600. The highest BCUT2D eigenvalue weighted by Crippen LogP contribution is 2.20. The van der Waals surface area contributed by atoms with Crippen LogP contribution in [0.4, 0.5) is 4.39 Å². The van der Waals surface area contributed by atoms with Crippen molar-refractivity contribution >= 4 is 35.8 Å². The molecule has 0 bridgehead atoms. The highest BCUT2D eigenvalue weighted by molar-refractivity contribution is 14.0. The highest BCUT2D eigenvalue weighted by Gasteiger charge is 2.22. The van der Waals surface area contributed by atoms with Gasteiger partial charge in [0, 0.05) is 46.1 Å². The zero-order valence-corrected chi connectivity index (χ0v) is 19.1. The standard InChI is InChI=1S/C20H31FN4O2.HI/c1-3-23-20(25-12-9-16(10-13-25)15-19(26)22-2)24-11-4-14-27-18-7-5-17(21)6-8-18;/h5-8,16H,3-4,9-15H2,1-2H3,(H,22,26)(H,23,24);1H. The van der Waals surface area contributed by atoms with E-state index in [1.165, 1.54) is 12.1 Å². The molecule has 1 amide bonds. The van der Waals surface area contributed by atoms with Gasteiger partial charge in [0.2, 0.25) is 5.91 Å². The molecule has 0 atom stereocenters. The van der Waals surface area contributed by atoms with E-state index in [2.05, 4.69) is 22.5 Å². The van der Waals surface area contributed by atoms with Gasteiger partial charge in [-0.3, -0.25) is 9.79 Å². The molecule has 0 aliphatic carbocycles. The van der Waals surface area contributed by atoms with Crippen molar-refractivity contribution in [2.24, 2.45) is 10.9 Å². The molecule has 0 spiro atoms. The first kappa shape index (κ1) is 24.5. The maximum absolute atomic E-state index is 12.9. The Morgan fingerprint density at radius 1 is 1.29 bits per heavy atom. The van der Waals surface area contributed by atoms with Gasteiger partial charge in [-0.2, -0.15) is 0 Å². The quantitative estimate of drug-likeness (QED) is 0.246. The lowest BCUT2D eigenvalue weighted by Gasteiger charge is -2.34. The Labute approximate surface area is 184 Å². The molecule has 1 aromatic rings. The number of likely N-dealkylation sites (tertiary alicyclic amines) is 1. The van der Waals surface area contributed by atoms with Crippen molar-refractivity contribution in [2.75, 3.05) is 39.8 Å². The number of hydrogen-bond donors (Lipinski definition) is 2. The number of benzene rings is 1. The van der Waals surface area contributed by atoms with Crippen LogP contribution in [-0.2, 0) is 4.79 Å². The average molecular weight is 506 g/mol. The predicted molar refractivity (Wildman–Crippen MR) is 121 cm³/mol. The van der Waals surface area contributed by atoms with Crippen LogP contribution >= 0.6 is 24.0 Å². The molecule has 28 heavy (non-hydrogen) atoms. The van der Waals surface area contributed by atoms with Crippen LogP contribution in [0.5, 0.6) is 5.75 Å². The summed E-state index contributed by atoms with van der Waals surface area (Å²) in [5, 5.41) is 6.05. The lowest BCUT2D eigenvalue weighted by molar-refractivity contribution is -0.121. The van der Waals surface area contributed by atoms with E-state index < -0.39 is 0 Å². The molecule has 1 heterocycles. The number of halogens is 2. The van der Waals surface area contributed by atoms with Gasteiger partial charge < -0.3 is 20.3 Å². The number of hydrogen-bond acceptors (Lipinski definition) is 3. The van der Waals surface area contributed by atoms with Crippen molar-refractivity contribution in [1.29, 1.82) is 0 Å². The lowest BCUT2D eigenvalue weighted by Crippen LogP contribution is -2.46. The third kappa shape index (κ3) is 8.62. The summed E-state index contributed by atoms with van der Waals surface area (Å²) in [6, 6.07) is 6.05. The number of nitrogens with one attached hydrogen (secondary N) is 2. The molecular weight excluding hydrogens is 474 g/mol. The van der Waals surface area contributed by atoms with Crippen molar-refractivity contribution in [2.45, 2.75) is 32.6 Å². The minimum atomic E-state index is -0.263. The number of rotatable bonds is 8. The molecule has 8 heteroatoms. The van der Waals surface area contributed by atoms with Crippen molar-refractivity contribution in [3.63, 3.8) is 0 Å². The maximum Gasteiger partial charge on any atom is 0.220 e. The van der Waals surface area contributed by atoms with Crippen LogP contribution < -0.4 is 15.4 Å². The Kier molecular flexibility index (Phi) is 11.9. The average Bonchev–Trinajstić information content (AvgIpc) is 2.69. The Bertz CT molecular complexity index is 605.